The van der Waals surface area contributed by atoms with Crippen LogP contribution in [-0.2, 0) is 14.8 Å². The quantitative estimate of drug-likeness (QED) is 0.781. The van der Waals surface area contributed by atoms with Crippen LogP contribution in [0.2, 0.25) is 0 Å². The second-order valence-corrected chi connectivity index (χ2v) is 9.34. The highest BCUT2D eigenvalue weighted by atomic mass is 32.2. The van der Waals surface area contributed by atoms with E-state index in [9.17, 15) is 13.2 Å². The second-order valence-electron chi connectivity index (χ2n) is 7.13. The van der Waals surface area contributed by atoms with Crippen LogP contribution >= 0.6 is 0 Å². The molecule has 0 aliphatic carbocycles. The van der Waals surface area contributed by atoms with Gasteiger partial charge in [-0.1, -0.05) is 6.92 Å². The zero-order valence-electron chi connectivity index (χ0n) is 15.4. The minimum Gasteiger partial charge on any atom is -0.446 e. The molecule has 144 valence electrons. The van der Waals surface area contributed by atoms with Gasteiger partial charge in [0.1, 0.15) is 11.4 Å². The van der Waals surface area contributed by atoms with Gasteiger partial charge in [0.05, 0.1) is 0 Å². The number of ether oxygens (including phenoxy) is 1. The molecule has 2 aliphatic rings. The van der Waals surface area contributed by atoms with Crippen LogP contribution in [0.15, 0.2) is 24.5 Å². The molecule has 0 bridgehead atoms. The molecule has 1 aromatic heterocycles. The summed E-state index contributed by atoms with van der Waals surface area (Å²) < 4.78 is 32.4. The Kier molecular flexibility index (Phi) is 5.82. The largest absolute Gasteiger partial charge is 0.446 e. The summed E-state index contributed by atoms with van der Waals surface area (Å²) >= 11 is 0. The Bertz CT molecular complexity index is 711. The number of amides is 1. The minimum absolute atomic E-state index is 0.148. The first-order valence-corrected chi connectivity index (χ1v) is 10.8. The SMILES string of the molecule is CC[C@@H](C)OC(=O)N1CC(S(=O)(=O)N2CCC(c3ccncc3)CC2)C1. The molecule has 8 heteroatoms. The van der Waals surface area contributed by atoms with Crippen molar-refractivity contribution in [3.63, 3.8) is 0 Å². The third-order valence-corrected chi connectivity index (χ3v) is 7.62. The molecule has 2 aliphatic heterocycles. The van der Waals surface area contributed by atoms with Crippen molar-refractivity contribution in [3.05, 3.63) is 30.1 Å². The van der Waals surface area contributed by atoms with Crippen molar-refractivity contribution in [2.75, 3.05) is 26.2 Å². The van der Waals surface area contributed by atoms with Crippen molar-refractivity contribution in [3.8, 4) is 0 Å². The maximum absolute atomic E-state index is 12.8. The van der Waals surface area contributed by atoms with E-state index in [0.29, 0.717) is 19.0 Å². The van der Waals surface area contributed by atoms with Gasteiger partial charge in [0.2, 0.25) is 10.0 Å². The van der Waals surface area contributed by atoms with Crippen molar-refractivity contribution in [2.24, 2.45) is 0 Å². The lowest BCUT2D eigenvalue weighted by Crippen LogP contribution is -2.60. The van der Waals surface area contributed by atoms with Gasteiger partial charge < -0.3 is 9.64 Å². The molecule has 0 saturated carbocycles. The molecule has 3 heterocycles. The van der Waals surface area contributed by atoms with Crippen molar-refractivity contribution in [1.29, 1.82) is 0 Å². The van der Waals surface area contributed by atoms with Crippen LogP contribution in [0, 0.1) is 0 Å². The Hall–Kier alpha value is -1.67. The van der Waals surface area contributed by atoms with E-state index in [1.807, 2.05) is 26.0 Å². The highest BCUT2D eigenvalue weighted by Gasteiger charge is 2.44. The van der Waals surface area contributed by atoms with E-state index in [1.54, 1.807) is 16.7 Å². The van der Waals surface area contributed by atoms with E-state index in [-0.39, 0.29) is 19.2 Å². The summed E-state index contributed by atoms with van der Waals surface area (Å²) in [5.41, 5.74) is 1.22. The first-order chi connectivity index (χ1) is 12.4. The van der Waals surface area contributed by atoms with Gasteiger partial charge in [-0.05, 0) is 49.8 Å². The third-order valence-electron chi connectivity index (χ3n) is 5.40. The maximum Gasteiger partial charge on any atom is 0.410 e. The number of piperidine rings is 1. The summed E-state index contributed by atoms with van der Waals surface area (Å²) in [6, 6.07) is 4.00. The summed E-state index contributed by atoms with van der Waals surface area (Å²) in [6.07, 6.45) is 5.37. The van der Waals surface area contributed by atoms with E-state index in [4.69, 9.17) is 4.74 Å². The van der Waals surface area contributed by atoms with E-state index < -0.39 is 21.4 Å². The zero-order valence-corrected chi connectivity index (χ0v) is 16.2. The average Bonchev–Trinajstić information content (AvgIpc) is 2.61. The minimum atomic E-state index is -3.36. The molecule has 1 atom stereocenters. The number of hydrogen-bond acceptors (Lipinski definition) is 5. The monoisotopic (exact) mass is 381 g/mol. The summed E-state index contributed by atoms with van der Waals surface area (Å²) in [5.74, 6) is 0.382. The topological polar surface area (TPSA) is 79.8 Å². The Morgan fingerprint density at radius 3 is 2.46 bits per heavy atom. The van der Waals surface area contributed by atoms with Crippen LogP contribution in [0.5, 0.6) is 0 Å². The molecule has 0 aromatic carbocycles. The van der Waals surface area contributed by atoms with Crippen LogP contribution < -0.4 is 0 Å². The smallest absolute Gasteiger partial charge is 0.410 e. The lowest BCUT2D eigenvalue weighted by atomic mass is 9.91. The highest BCUT2D eigenvalue weighted by Crippen LogP contribution is 2.31. The molecular weight excluding hydrogens is 354 g/mol. The van der Waals surface area contributed by atoms with Crippen LogP contribution in [0.25, 0.3) is 0 Å². The Labute approximate surface area is 155 Å². The van der Waals surface area contributed by atoms with Gasteiger partial charge in [-0.3, -0.25) is 4.98 Å². The number of carbonyl (C=O) groups is 1. The van der Waals surface area contributed by atoms with E-state index in [2.05, 4.69) is 4.98 Å². The molecule has 3 rings (SSSR count). The summed E-state index contributed by atoms with van der Waals surface area (Å²) in [6.45, 7) is 5.28. The normalized spacial score (nSPS) is 21.2. The molecule has 26 heavy (non-hydrogen) atoms. The number of rotatable bonds is 5. The first-order valence-electron chi connectivity index (χ1n) is 9.26. The van der Waals surface area contributed by atoms with E-state index in [0.717, 1.165) is 19.3 Å². The molecule has 1 aromatic rings. The van der Waals surface area contributed by atoms with Gasteiger partial charge in [-0.25, -0.2) is 17.5 Å². The fraction of sp³-hybridized carbons (Fsp3) is 0.667. The molecular formula is C18H27N3O4S. The third kappa shape index (κ3) is 4.01. The Morgan fingerprint density at radius 1 is 1.27 bits per heavy atom. The number of carbonyl (C=O) groups excluding carboxylic acids is 1. The molecule has 0 unspecified atom stereocenters. The Morgan fingerprint density at radius 2 is 1.88 bits per heavy atom. The number of hydrogen-bond donors (Lipinski definition) is 0. The summed E-state index contributed by atoms with van der Waals surface area (Å²) in [4.78, 5) is 17.4. The molecule has 0 radical (unpaired) electrons. The average molecular weight is 381 g/mol. The molecule has 2 saturated heterocycles. The maximum atomic E-state index is 12.8. The number of pyridine rings is 1. The van der Waals surface area contributed by atoms with E-state index >= 15 is 0 Å². The highest BCUT2D eigenvalue weighted by molar-refractivity contribution is 7.89. The molecule has 2 fully saturated rings. The van der Waals surface area contributed by atoms with Crippen molar-refractivity contribution in [1.82, 2.24) is 14.2 Å². The predicted molar refractivity (Wildman–Crippen MR) is 98.3 cm³/mol. The number of sulfonamides is 1. The van der Waals surface area contributed by atoms with Gasteiger partial charge in [0, 0.05) is 38.6 Å². The number of nitrogens with zero attached hydrogens (tertiary/aromatic N) is 3. The lowest BCUT2D eigenvalue weighted by molar-refractivity contribution is 0.0521. The second kappa shape index (κ2) is 7.92. The van der Waals surface area contributed by atoms with Crippen molar-refractivity contribution < 1.29 is 17.9 Å². The molecule has 0 N–H and O–H groups in total. The van der Waals surface area contributed by atoms with Gasteiger partial charge >= 0.3 is 6.09 Å². The lowest BCUT2D eigenvalue weighted by Gasteiger charge is -2.41. The van der Waals surface area contributed by atoms with Gasteiger partial charge in [0.15, 0.2) is 0 Å². The molecule has 7 nitrogen and oxygen atoms in total. The van der Waals surface area contributed by atoms with Gasteiger partial charge in [0.25, 0.3) is 0 Å². The van der Waals surface area contributed by atoms with Gasteiger partial charge in [-0.2, -0.15) is 0 Å². The summed E-state index contributed by atoms with van der Waals surface area (Å²) in [5, 5.41) is -0.510. The van der Waals surface area contributed by atoms with Crippen LogP contribution in [0.1, 0.15) is 44.6 Å². The predicted octanol–water partition coefficient (Wildman–Crippen LogP) is 2.21. The first kappa shape index (κ1) is 19.1. The van der Waals surface area contributed by atoms with Crippen LogP contribution in [0.3, 0.4) is 0 Å². The fourth-order valence-corrected chi connectivity index (χ4v) is 5.27. The molecule has 1 amide bonds. The van der Waals surface area contributed by atoms with Crippen LogP contribution in [0.4, 0.5) is 4.79 Å². The van der Waals surface area contributed by atoms with Crippen LogP contribution in [-0.4, -0.2) is 66.2 Å². The standard InChI is InChI=1S/C18H27N3O4S/c1-3-14(2)25-18(22)20-12-17(13-20)26(23,24)21-10-6-16(7-11-21)15-4-8-19-9-5-15/h4-5,8-9,14,16-17H,3,6-7,10-13H2,1-2H3/t14-/m1/s1. The van der Waals surface area contributed by atoms with Gasteiger partial charge in [-0.15, -0.1) is 0 Å². The number of likely N-dealkylation sites (tertiary alicyclic amines) is 1. The van der Waals surface area contributed by atoms with Crippen molar-refractivity contribution in [2.45, 2.75) is 50.4 Å². The number of aromatic nitrogens is 1. The zero-order chi connectivity index (χ0) is 18.7. The molecule has 0 spiro atoms. The summed E-state index contributed by atoms with van der Waals surface area (Å²) in [7, 11) is -3.36. The van der Waals surface area contributed by atoms with E-state index in [1.165, 1.54) is 10.5 Å². The van der Waals surface area contributed by atoms with Crippen molar-refractivity contribution >= 4 is 16.1 Å². The fourth-order valence-electron chi connectivity index (χ4n) is 3.40. The Balaban J connectivity index is 1.50.